The minimum absolute atomic E-state index is 0.0374. The minimum atomic E-state index is -3.39. The lowest BCUT2D eigenvalue weighted by Crippen LogP contribution is -2.53. The number of hydrogen-bond acceptors (Lipinski definition) is 3. The van der Waals surface area contributed by atoms with Crippen LogP contribution in [0.1, 0.15) is 22.8 Å². The number of carbonyl (C=O) groups is 1. The molecule has 0 spiro atoms. The topological polar surface area (TPSA) is 60.9 Å². The molecule has 1 aliphatic rings. The van der Waals surface area contributed by atoms with E-state index in [1.165, 1.54) is 28.3 Å². The zero-order valence-electron chi connectivity index (χ0n) is 13.3. The van der Waals surface area contributed by atoms with Crippen LogP contribution in [0, 0.1) is 0 Å². The van der Waals surface area contributed by atoms with Crippen molar-refractivity contribution in [1.29, 1.82) is 0 Å². The molecule has 1 saturated heterocycles. The summed E-state index contributed by atoms with van der Waals surface area (Å²) < 4.78 is 26.7. The highest BCUT2D eigenvalue weighted by Crippen LogP contribution is 2.13. The van der Waals surface area contributed by atoms with Crippen molar-refractivity contribution < 1.29 is 13.2 Å². The van der Waals surface area contributed by atoms with E-state index in [1.807, 2.05) is 24.3 Å². The van der Waals surface area contributed by atoms with Gasteiger partial charge in [-0.3, -0.25) is 4.79 Å². The van der Waals surface area contributed by atoms with E-state index in [9.17, 15) is 13.2 Å². The molecular weight excluding hydrogens is 302 g/mol. The Balaban J connectivity index is 2.00. The molecule has 0 bridgehead atoms. The Labute approximate surface area is 132 Å². The summed E-state index contributed by atoms with van der Waals surface area (Å²) in [5.74, 6) is -0.0374. The highest BCUT2D eigenvalue weighted by molar-refractivity contribution is 7.86. The maximum atomic E-state index is 12.4. The summed E-state index contributed by atoms with van der Waals surface area (Å²) in [7, 11) is -0.362. The van der Waals surface area contributed by atoms with Crippen LogP contribution in [0.3, 0.4) is 0 Å². The maximum Gasteiger partial charge on any atom is 0.281 e. The Kier molecular flexibility index (Phi) is 5.20. The van der Waals surface area contributed by atoms with E-state index in [1.54, 1.807) is 4.90 Å². The zero-order chi connectivity index (χ0) is 16.3. The SMILES string of the molecule is CCc1ccc(C(=O)N2CCN(S(=O)(=O)N(C)C)CC2)cc1. The summed E-state index contributed by atoms with van der Waals surface area (Å²) >= 11 is 0. The van der Waals surface area contributed by atoms with Gasteiger partial charge in [-0.2, -0.15) is 17.0 Å². The summed E-state index contributed by atoms with van der Waals surface area (Å²) in [5, 5.41) is 0. The number of hydrogen-bond donors (Lipinski definition) is 0. The van der Waals surface area contributed by atoms with Crippen molar-refractivity contribution in [2.24, 2.45) is 0 Å². The smallest absolute Gasteiger partial charge is 0.281 e. The van der Waals surface area contributed by atoms with E-state index in [0.717, 1.165) is 6.42 Å². The third kappa shape index (κ3) is 3.48. The second kappa shape index (κ2) is 6.76. The number of aryl methyl sites for hydroxylation is 1. The van der Waals surface area contributed by atoms with Crippen LogP contribution in [-0.4, -0.2) is 68.1 Å². The standard InChI is InChI=1S/C15H23N3O3S/c1-4-13-5-7-14(8-6-13)15(19)17-9-11-18(12-10-17)22(20,21)16(2)3/h5-8H,4,9-12H2,1-3H3. The molecule has 6 nitrogen and oxygen atoms in total. The number of piperazine rings is 1. The summed E-state index contributed by atoms with van der Waals surface area (Å²) in [4.78, 5) is 14.1. The summed E-state index contributed by atoms with van der Waals surface area (Å²) in [6, 6.07) is 7.59. The van der Waals surface area contributed by atoms with Gasteiger partial charge in [0.2, 0.25) is 0 Å². The van der Waals surface area contributed by atoms with Gasteiger partial charge in [-0.05, 0) is 24.1 Å². The molecule has 1 aliphatic heterocycles. The number of amides is 1. The molecule has 0 aromatic heterocycles. The van der Waals surface area contributed by atoms with Crippen LogP contribution in [0.5, 0.6) is 0 Å². The molecule has 1 fully saturated rings. The third-order valence-electron chi connectivity index (χ3n) is 3.92. The predicted molar refractivity (Wildman–Crippen MR) is 85.9 cm³/mol. The number of rotatable bonds is 4. The van der Waals surface area contributed by atoms with Crippen LogP contribution in [0.25, 0.3) is 0 Å². The largest absolute Gasteiger partial charge is 0.336 e. The highest BCUT2D eigenvalue weighted by Gasteiger charge is 2.30. The molecule has 1 aromatic carbocycles. The summed E-state index contributed by atoms with van der Waals surface area (Å²) in [5.41, 5.74) is 1.85. The van der Waals surface area contributed by atoms with Gasteiger partial charge in [0.1, 0.15) is 0 Å². The fourth-order valence-corrected chi connectivity index (χ4v) is 3.51. The van der Waals surface area contributed by atoms with Gasteiger partial charge in [0.05, 0.1) is 0 Å². The van der Waals surface area contributed by atoms with E-state index >= 15 is 0 Å². The number of nitrogens with zero attached hydrogens (tertiary/aromatic N) is 3. The van der Waals surface area contributed by atoms with Crippen LogP contribution in [0.2, 0.25) is 0 Å². The lowest BCUT2D eigenvalue weighted by atomic mass is 10.1. The Bertz CT molecular complexity index is 618. The second-order valence-corrected chi connectivity index (χ2v) is 7.67. The van der Waals surface area contributed by atoms with E-state index in [-0.39, 0.29) is 5.91 Å². The molecule has 1 aromatic rings. The van der Waals surface area contributed by atoms with Crippen molar-refractivity contribution in [1.82, 2.24) is 13.5 Å². The first-order valence-corrected chi connectivity index (χ1v) is 8.81. The van der Waals surface area contributed by atoms with E-state index in [0.29, 0.717) is 31.7 Å². The predicted octanol–water partition coefficient (Wildman–Crippen LogP) is 0.813. The molecule has 0 saturated carbocycles. The normalized spacial score (nSPS) is 17.0. The van der Waals surface area contributed by atoms with Gasteiger partial charge in [0.25, 0.3) is 16.1 Å². The molecule has 0 radical (unpaired) electrons. The maximum absolute atomic E-state index is 12.4. The van der Waals surface area contributed by atoms with Gasteiger partial charge < -0.3 is 4.90 Å². The van der Waals surface area contributed by atoms with E-state index in [4.69, 9.17) is 0 Å². The van der Waals surface area contributed by atoms with Crippen molar-refractivity contribution in [3.63, 3.8) is 0 Å². The van der Waals surface area contributed by atoms with Crippen molar-refractivity contribution in [2.75, 3.05) is 40.3 Å². The van der Waals surface area contributed by atoms with Crippen molar-refractivity contribution in [2.45, 2.75) is 13.3 Å². The summed E-state index contributed by atoms with van der Waals surface area (Å²) in [6.45, 7) is 3.57. The van der Waals surface area contributed by atoms with Gasteiger partial charge in [0, 0.05) is 45.8 Å². The van der Waals surface area contributed by atoms with Gasteiger partial charge in [-0.25, -0.2) is 0 Å². The van der Waals surface area contributed by atoms with Crippen LogP contribution in [-0.2, 0) is 16.6 Å². The molecular formula is C15H23N3O3S. The Hall–Kier alpha value is -1.44. The molecule has 122 valence electrons. The van der Waals surface area contributed by atoms with Crippen LogP contribution >= 0.6 is 0 Å². The van der Waals surface area contributed by atoms with Crippen LogP contribution < -0.4 is 0 Å². The zero-order valence-corrected chi connectivity index (χ0v) is 14.1. The Morgan fingerprint density at radius 2 is 1.64 bits per heavy atom. The van der Waals surface area contributed by atoms with Crippen LogP contribution in [0.4, 0.5) is 0 Å². The molecule has 1 amide bonds. The number of carbonyl (C=O) groups excluding carboxylic acids is 1. The average molecular weight is 325 g/mol. The second-order valence-electron chi connectivity index (χ2n) is 5.53. The van der Waals surface area contributed by atoms with Crippen LogP contribution in [0.15, 0.2) is 24.3 Å². The van der Waals surface area contributed by atoms with Crippen molar-refractivity contribution >= 4 is 16.1 Å². The van der Waals surface area contributed by atoms with Crippen molar-refractivity contribution in [3.8, 4) is 0 Å². The summed E-state index contributed by atoms with van der Waals surface area (Å²) in [6.07, 6.45) is 0.940. The molecule has 0 N–H and O–H groups in total. The highest BCUT2D eigenvalue weighted by atomic mass is 32.2. The molecule has 7 heteroatoms. The first-order valence-electron chi connectivity index (χ1n) is 7.42. The van der Waals surface area contributed by atoms with Gasteiger partial charge >= 0.3 is 0 Å². The Morgan fingerprint density at radius 1 is 1.09 bits per heavy atom. The molecule has 22 heavy (non-hydrogen) atoms. The van der Waals surface area contributed by atoms with E-state index in [2.05, 4.69) is 6.92 Å². The quantitative estimate of drug-likeness (QED) is 0.823. The van der Waals surface area contributed by atoms with Gasteiger partial charge in [-0.1, -0.05) is 19.1 Å². The fourth-order valence-electron chi connectivity index (χ4n) is 2.42. The molecule has 2 rings (SSSR count). The third-order valence-corrected chi connectivity index (χ3v) is 5.86. The van der Waals surface area contributed by atoms with E-state index < -0.39 is 10.2 Å². The monoisotopic (exact) mass is 325 g/mol. The molecule has 1 heterocycles. The molecule has 0 atom stereocenters. The first-order chi connectivity index (χ1) is 10.4. The lowest BCUT2D eigenvalue weighted by Gasteiger charge is -2.35. The Morgan fingerprint density at radius 3 is 2.09 bits per heavy atom. The van der Waals surface area contributed by atoms with Gasteiger partial charge in [-0.15, -0.1) is 0 Å². The van der Waals surface area contributed by atoms with Crippen molar-refractivity contribution in [3.05, 3.63) is 35.4 Å². The minimum Gasteiger partial charge on any atom is -0.336 e. The molecule has 0 unspecified atom stereocenters. The lowest BCUT2D eigenvalue weighted by molar-refractivity contribution is 0.0695. The fraction of sp³-hybridized carbons (Fsp3) is 0.533. The average Bonchev–Trinajstić information content (AvgIpc) is 2.54. The molecule has 0 aliphatic carbocycles. The first kappa shape index (κ1) is 16.9. The number of benzene rings is 1. The van der Waals surface area contributed by atoms with Gasteiger partial charge in [0.15, 0.2) is 0 Å².